The van der Waals surface area contributed by atoms with Crippen LogP contribution in [0.2, 0.25) is 0 Å². The highest BCUT2D eigenvalue weighted by molar-refractivity contribution is 4.81. The first-order valence-electron chi connectivity index (χ1n) is 4.94. The van der Waals surface area contributed by atoms with Gasteiger partial charge in [-0.2, -0.15) is 0 Å². The Morgan fingerprint density at radius 1 is 1.46 bits per heavy atom. The number of aliphatic hydroxyl groups is 1. The molecule has 0 aromatic rings. The van der Waals surface area contributed by atoms with Crippen molar-refractivity contribution in [1.29, 1.82) is 0 Å². The molecule has 2 saturated heterocycles. The van der Waals surface area contributed by atoms with E-state index in [0.717, 1.165) is 32.8 Å². The Bertz CT molecular complexity index is 159. The summed E-state index contributed by atoms with van der Waals surface area (Å²) in [6.45, 7) is 3.83. The fourth-order valence-electron chi connectivity index (χ4n) is 1.79. The molecule has 0 saturated carbocycles. The number of hydrogen-bond acceptors (Lipinski definition) is 4. The molecule has 0 radical (unpaired) electrons. The molecular weight excluding hydrogens is 170 g/mol. The summed E-state index contributed by atoms with van der Waals surface area (Å²) >= 11 is 0. The second kappa shape index (κ2) is 4.37. The van der Waals surface area contributed by atoms with E-state index >= 15 is 0 Å². The monoisotopic (exact) mass is 187 g/mol. The first-order valence-corrected chi connectivity index (χ1v) is 4.94. The van der Waals surface area contributed by atoms with Crippen molar-refractivity contribution in [3.8, 4) is 0 Å². The highest BCUT2D eigenvalue weighted by Crippen LogP contribution is 2.14. The van der Waals surface area contributed by atoms with Crippen molar-refractivity contribution >= 4 is 0 Å². The fourth-order valence-corrected chi connectivity index (χ4v) is 1.79. The van der Waals surface area contributed by atoms with Gasteiger partial charge in [-0.05, 0) is 6.42 Å². The van der Waals surface area contributed by atoms with Crippen LogP contribution in [0.15, 0.2) is 0 Å². The number of aliphatic hydroxyl groups excluding tert-OH is 1. The van der Waals surface area contributed by atoms with Crippen molar-refractivity contribution in [2.24, 2.45) is 5.92 Å². The molecule has 2 rings (SSSR count). The molecule has 0 aliphatic carbocycles. The zero-order valence-corrected chi connectivity index (χ0v) is 7.74. The van der Waals surface area contributed by atoms with Crippen LogP contribution in [0.3, 0.4) is 0 Å². The predicted octanol–water partition coefficient (Wildman–Crippen LogP) is -0.628. The first-order chi connectivity index (χ1) is 6.36. The molecule has 4 nitrogen and oxygen atoms in total. The van der Waals surface area contributed by atoms with E-state index in [1.807, 2.05) is 0 Å². The molecule has 2 fully saturated rings. The Kier molecular flexibility index (Phi) is 3.16. The third-order valence-corrected chi connectivity index (χ3v) is 2.70. The minimum atomic E-state index is -0.331. The van der Waals surface area contributed by atoms with Crippen LogP contribution in [0.1, 0.15) is 6.42 Å². The fraction of sp³-hybridized carbons (Fsp3) is 1.00. The zero-order chi connectivity index (χ0) is 9.10. The summed E-state index contributed by atoms with van der Waals surface area (Å²) in [5.41, 5.74) is 0. The lowest BCUT2D eigenvalue weighted by Crippen LogP contribution is -2.29. The van der Waals surface area contributed by atoms with Crippen molar-refractivity contribution in [2.45, 2.75) is 18.6 Å². The van der Waals surface area contributed by atoms with Gasteiger partial charge in [0.05, 0.1) is 25.4 Å². The Hall–Kier alpha value is -0.160. The van der Waals surface area contributed by atoms with Gasteiger partial charge in [0.25, 0.3) is 0 Å². The van der Waals surface area contributed by atoms with Crippen molar-refractivity contribution in [3.05, 3.63) is 0 Å². The summed E-state index contributed by atoms with van der Waals surface area (Å²) in [7, 11) is 0. The highest BCUT2D eigenvalue weighted by Gasteiger charge is 2.27. The average molecular weight is 187 g/mol. The molecule has 0 aromatic heterocycles. The quantitative estimate of drug-likeness (QED) is 0.618. The average Bonchev–Trinajstić information content (AvgIpc) is 2.72. The van der Waals surface area contributed by atoms with Gasteiger partial charge in [0.2, 0.25) is 0 Å². The molecule has 2 aliphatic rings. The Morgan fingerprint density at radius 2 is 2.38 bits per heavy atom. The molecule has 0 amide bonds. The summed E-state index contributed by atoms with van der Waals surface area (Å²) in [6.07, 6.45) is 0.749. The lowest BCUT2D eigenvalue weighted by atomic mass is 10.1. The van der Waals surface area contributed by atoms with Gasteiger partial charge in [-0.15, -0.1) is 0 Å². The molecule has 0 bridgehead atoms. The Labute approximate surface area is 78.2 Å². The molecule has 0 spiro atoms. The van der Waals surface area contributed by atoms with Crippen LogP contribution in [0.25, 0.3) is 0 Å². The number of hydrogen-bond donors (Lipinski definition) is 2. The molecule has 3 atom stereocenters. The van der Waals surface area contributed by atoms with Crippen molar-refractivity contribution in [1.82, 2.24) is 5.32 Å². The second-order valence-electron chi connectivity index (χ2n) is 3.83. The van der Waals surface area contributed by atoms with Crippen molar-refractivity contribution in [2.75, 3.05) is 32.9 Å². The minimum absolute atomic E-state index is 0.0133. The van der Waals surface area contributed by atoms with Gasteiger partial charge >= 0.3 is 0 Å². The maximum atomic E-state index is 9.44. The molecule has 76 valence electrons. The van der Waals surface area contributed by atoms with E-state index in [2.05, 4.69) is 5.32 Å². The largest absolute Gasteiger partial charge is 0.389 e. The van der Waals surface area contributed by atoms with E-state index in [1.165, 1.54) is 0 Å². The van der Waals surface area contributed by atoms with Crippen LogP contribution in [0.4, 0.5) is 0 Å². The second-order valence-corrected chi connectivity index (χ2v) is 3.83. The van der Waals surface area contributed by atoms with E-state index in [-0.39, 0.29) is 12.2 Å². The molecule has 3 unspecified atom stereocenters. The van der Waals surface area contributed by atoms with Crippen LogP contribution in [0.5, 0.6) is 0 Å². The summed E-state index contributed by atoms with van der Waals surface area (Å²) < 4.78 is 10.8. The Morgan fingerprint density at radius 3 is 3.00 bits per heavy atom. The molecule has 2 N–H and O–H groups in total. The number of nitrogens with one attached hydrogen (secondary N) is 1. The van der Waals surface area contributed by atoms with Gasteiger partial charge in [-0.3, -0.25) is 0 Å². The maximum absolute atomic E-state index is 9.44. The van der Waals surface area contributed by atoms with Crippen molar-refractivity contribution in [3.63, 3.8) is 0 Å². The van der Waals surface area contributed by atoms with Crippen LogP contribution in [0, 0.1) is 5.92 Å². The molecule has 13 heavy (non-hydrogen) atoms. The number of β-amino-alcohol motifs (C(OH)–C–C–N with tert-alkyl or cyclic N) is 1. The molecule has 2 aliphatic heterocycles. The van der Waals surface area contributed by atoms with Crippen LogP contribution >= 0.6 is 0 Å². The highest BCUT2D eigenvalue weighted by atomic mass is 16.5. The van der Waals surface area contributed by atoms with E-state index in [1.54, 1.807) is 0 Å². The van der Waals surface area contributed by atoms with E-state index in [9.17, 15) is 5.11 Å². The lowest BCUT2D eigenvalue weighted by Gasteiger charge is -2.16. The summed E-state index contributed by atoms with van der Waals surface area (Å²) in [5.74, 6) is 0.535. The Balaban J connectivity index is 1.66. The predicted molar refractivity (Wildman–Crippen MR) is 47.5 cm³/mol. The number of rotatable bonds is 3. The topological polar surface area (TPSA) is 50.7 Å². The summed E-state index contributed by atoms with van der Waals surface area (Å²) in [4.78, 5) is 0. The van der Waals surface area contributed by atoms with Crippen LogP contribution < -0.4 is 5.32 Å². The normalized spacial score (nSPS) is 39.9. The van der Waals surface area contributed by atoms with Crippen LogP contribution in [-0.2, 0) is 9.47 Å². The van der Waals surface area contributed by atoms with Gasteiger partial charge in [-0.1, -0.05) is 0 Å². The first kappa shape index (κ1) is 9.40. The van der Waals surface area contributed by atoms with E-state index in [0.29, 0.717) is 12.5 Å². The smallest absolute Gasteiger partial charge is 0.0970 e. The van der Waals surface area contributed by atoms with Crippen LogP contribution in [-0.4, -0.2) is 50.2 Å². The third-order valence-electron chi connectivity index (χ3n) is 2.70. The molecular formula is C9H17NO3. The van der Waals surface area contributed by atoms with Gasteiger partial charge in [0.15, 0.2) is 0 Å². The SMILES string of the molecule is OC1CNCC1OCC1CCOC1. The molecule has 4 heteroatoms. The zero-order valence-electron chi connectivity index (χ0n) is 7.74. The minimum Gasteiger partial charge on any atom is -0.389 e. The molecule has 2 heterocycles. The van der Waals surface area contributed by atoms with Gasteiger partial charge < -0.3 is 19.9 Å². The third kappa shape index (κ3) is 2.40. The summed E-state index contributed by atoms with van der Waals surface area (Å²) in [5, 5.41) is 12.5. The van der Waals surface area contributed by atoms with E-state index < -0.39 is 0 Å². The summed E-state index contributed by atoms with van der Waals surface area (Å²) in [6, 6.07) is 0. The van der Waals surface area contributed by atoms with Gasteiger partial charge in [0.1, 0.15) is 0 Å². The van der Waals surface area contributed by atoms with Gasteiger partial charge in [-0.25, -0.2) is 0 Å². The maximum Gasteiger partial charge on any atom is 0.0970 e. The molecule has 0 aromatic carbocycles. The lowest BCUT2D eigenvalue weighted by molar-refractivity contribution is -0.0232. The van der Waals surface area contributed by atoms with Gasteiger partial charge in [0, 0.05) is 25.6 Å². The van der Waals surface area contributed by atoms with E-state index in [4.69, 9.17) is 9.47 Å². The standard InChI is InChI=1S/C9H17NO3/c11-8-3-10-4-9(8)13-6-7-1-2-12-5-7/h7-11H,1-6H2. The number of ether oxygens (including phenoxy) is 2. The van der Waals surface area contributed by atoms with Crippen molar-refractivity contribution < 1.29 is 14.6 Å².